The van der Waals surface area contributed by atoms with E-state index in [2.05, 4.69) is 0 Å². The minimum Gasteiger partial charge on any atom is -0.200 e. The summed E-state index contributed by atoms with van der Waals surface area (Å²) in [6.07, 6.45) is 0. The third kappa shape index (κ3) is 1.88. The second kappa shape index (κ2) is 3.72. The monoisotopic (exact) mass is 242 g/mol. The van der Waals surface area contributed by atoms with Gasteiger partial charge in [-0.1, -0.05) is 42.5 Å². The fourth-order valence-electron chi connectivity index (χ4n) is 1.74. The highest BCUT2D eigenvalue weighted by atomic mass is 19.3. The smallest absolute Gasteiger partial charge is 0.200 e. The Kier molecular flexibility index (Phi) is 2.60. The van der Waals surface area contributed by atoms with Crippen LogP contribution in [-0.4, -0.2) is 5.92 Å². The van der Waals surface area contributed by atoms with Crippen LogP contribution in [0.2, 0.25) is 0 Å². The van der Waals surface area contributed by atoms with Crippen molar-refractivity contribution in [2.45, 2.75) is 18.8 Å². The van der Waals surface area contributed by atoms with E-state index in [1.807, 2.05) is 0 Å². The molecule has 0 spiro atoms. The Morgan fingerprint density at radius 1 is 0.824 bits per heavy atom. The van der Waals surface area contributed by atoms with Gasteiger partial charge in [0.2, 0.25) is 0 Å². The van der Waals surface area contributed by atoms with Crippen molar-refractivity contribution in [3.63, 3.8) is 0 Å². The van der Waals surface area contributed by atoms with Gasteiger partial charge in [0.15, 0.2) is 0 Å². The minimum absolute atomic E-state index is 0.154. The van der Waals surface area contributed by atoms with Crippen molar-refractivity contribution >= 4 is 10.8 Å². The van der Waals surface area contributed by atoms with Gasteiger partial charge in [-0.2, -0.15) is 17.6 Å². The predicted octanol–water partition coefficient (Wildman–Crippen LogP) is 4.59. The van der Waals surface area contributed by atoms with Gasteiger partial charge >= 0.3 is 11.8 Å². The van der Waals surface area contributed by atoms with Crippen LogP contribution in [0.5, 0.6) is 0 Å². The molecule has 0 N–H and O–H groups in total. The molecule has 0 fully saturated rings. The van der Waals surface area contributed by atoms with E-state index in [4.69, 9.17) is 0 Å². The first-order valence-electron chi connectivity index (χ1n) is 5.08. The van der Waals surface area contributed by atoms with Crippen LogP contribution < -0.4 is 0 Å². The standard InChI is InChI=1S/C13H10F4/c1-12(14,15)13(16,17)11-8-4-6-9-5-2-3-7-10(9)11/h2-8H,1H3. The molecule has 0 radical (unpaired) electrons. The van der Waals surface area contributed by atoms with Gasteiger partial charge in [-0.25, -0.2) is 0 Å². The van der Waals surface area contributed by atoms with Gasteiger partial charge in [-0.15, -0.1) is 0 Å². The third-order valence-electron chi connectivity index (χ3n) is 2.68. The Labute approximate surface area is 95.9 Å². The molecule has 0 heterocycles. The molecule has 0 saturated heterocycles. The minimum atomic E-state index is -4.17. The van der Waals surface area contributed by atoms with E-state index in [-0.39, 0.29) is 12.3 Å². The zero-order chi connectivity index (χ0) is 12.7. The number of hydrogen-bond donors (Lipinski definition) is 0. The van der Waals surface area contributed by atoms with E-state index in [1.165, 1.54) is 12.1 Å². The van der Waals surface area contributed by atoms with E-state index in [1.54, 1.807) is 24.3 Å². The molecule has 0 aliphatic carbocycles. The summed E-state index contributed by atoms with van der Waals surface area (Å²) < 4.78 is 53.2. The van der Waals surface area contributed by atoms with Gasteiger partial charge in [-0.3, -0.25) is 0 Å². The highest BCUT2D eigenvalue weighted by Gasteiger charge is 2.54. The molecule has 0 amide bonds. The SMILES string of the molecule is CC(F)(F)C(F)(F)c1cccc2ccccc12. The molecular weight excluding hydrogens is 232 g/mol. The summed E-state index contributed by atoms with van der Waals surface area (Å²) >= 11 is 0. The van der Waals surface area contributed by atoms with Crippen LogP contribution in [0.3, 0.4) is 0 Å². The van der Waals surface area contributed by atoms with Gasteiger partial charge in [0.1, 0.15) is 0 Å². The third-order valence-corrected chi connectivity index (χ3v) is 2.68. The van der Waals surface area contributed by atoms with Crippen LogP contribution in [0.4, 0.5) is 17.6 Å². The fourth-order valence-corrected chi connectivity index (χ4v) is 1.74. The van der Waals surface area contributed by atoms with Gasteiger partial charge in [0, 0.05) is 12.5 Å². The average molecular weight is 242 g/mol. The molecule has 0 bridgehead atoms. The van der Waals surface area contributed by atoms with Gasteiger partial charge < -0.3 is 0 Å². The molecule has 17 heavy (non-hydrogen) atoms. The van der Waals surface area contributed by atoms with Crippen molar-refractivity contribution < 1.29 is 17.6 Å². The van der Waals surface area contributed by atoms with Crippen molar-refractivity contribution in [3.05, 3.63) is 48.0 Å². The Bertz CT molecular complexity index is 535. The van der Waals surface area contributed by atoms with Gasteiger partial charge in [-0.05, 0) is 10.8 Å². The van der Waals surface area contributed by atoms with E-state index < -0.39 is 17.4 Å². The number of rotatable bonds is 2. The van der Waals surface area contributed by atoms with Crippen LogP contribution in [0, 0.1) is 0 Å². The second-order valence-electron chi connectivity index (χ2n) is 3.99. The molecule has 0 aromatic heterocycles. The summed E-state index contributed by atoms with van der Waals surface area (Å²) in [5.41, 5.74) is -0.636. The van der Waals surface area contributed by atoms with Gasteiger partial charge in [0.25, 0.3) is 0 Å². The van der Waals surface area contributed by atoms with Crippen LogP contribution in [-0.2, 0) is 5.92 Å². The molecule has 4 heteroatoms. The largest absolute Gasteiger partial charge is 0.335 e. The molecule has 0 atom stereocenters. The summed E-state index contributed by atoms with van der Waals surface area (Å²) in [6, 6.07) is 10.3. The lowest BCUT2D eigenvalue weighted by atomic mass is 9.96. The number of hydrogen-bond acceptors (Lipinski definition) is 0. The summed E-state index contributed by atoms with van der Waals surface area (Å²) in [6.45, 7) is 0.231. The van der Waals surface area contributed by atoms with Crippen molar-refractivity contribution in [1.29, 1.82) is 0 Å². The Balaban J connectivity index is 2.72. The Morgan fingerprint density at radius 3 is 2.06 bits per heavy atom. The van der Waals surface area contributed by atoms with E-state index in [9.17, 15) is 17.6 Å². The topological polar surface area (TPSA) is 0 Å². The normalized spacial score (nSPS) is 13.0. The maximum absolute atomic E-state index is 13.6. The number of alkyl halides is 4. The Morgan fingerprint density at radius 2 is 1.41 bits per heavy atom. The lowest BCUT2D eigenvalue weighted by molar-refractivity contribution is -0.204. The molecular formula is C13H10F4. The first kappa shape index (κ1) is 11.9. The predicted molar refractivity (Wildman–Crippen MR) is 58.5 cm³/mol. The van der Waals surface area contributed by atoms with Crippen molar-refractivity contribution in [2.75, 3.05) is 0 Å². The van der Waals surface area contributed by atoms with E-state index in [0.717, 1.165) is 6.07 Å². The molecule has 2 aromatic rings. The van der Waals surface area contributed by atoms with Crippen LogP contribution in [0.15, 0.2) is 42.5 Å². The molecule has 0 saturated carbocycles. The van der Waals surface area contributed by atoms with Crippen LogP contribution in [0.1, 0.15) is 12.5 Å². The number of benzene rings is 2. The molecule has 2 rings (SSSR count). The maximum atomic E-state index is 13.6. The van der Waals surface area contributed by atoms with Crippen molar-refractivity contribution in [3.8, 4) is 0 Å². The van der Waals surface area contributed by atoms with E-state index in [0.29, 0.717) is 5.39 Å². The molecule has 2 aromatic carbocycles. The number of fused-ring (bicyclic) bond motifs is 1. The second-order valence-corrected chi connectivity index (χ2v) is 3.99. The fraction of sp³-hybridized carbons (Fsp3) is 0.231. The van der Waals surface area contributed by atoms with Crippen molar-refractivity contribution in [2.24, 2.45) is 0 Å². The van der Waals surface area contributed by atoms with Crippen molar-refractivity contribution in [1.82, 2.24) is 0 Å². The first-order valence-corrected chi connectivity index (χ1v) is 5.08. The molecule has 0 aliphatic rings. The number of halogens is 4. The summed E-state index contributed by atoms with van der Waals surface area (Å²) in [5, 5.41) is 0.676. The first-order chi connectivity index (χ1) is 7.84. The summed E-state index contributed by atoms with van der Waals surface area (Å²) in [5.74, 6) is -8.26. The quantitative estimate of drug-likeness (QED) is 0.676. The maximum Gasteiger partial charge on any atom is 0.335 e. The highest BCUT2D eigenvalue weighted by molar-refractivity contribution is 5.86. The average Bonchev–Trinajstić information content (AvgIpc) is 2.26. The lowest BCUT2D eigenvalue weighted by Crippen LogP contribution is -2.35. The Hall–Kier alpha value is -1.58. The lowest BCUT2D eigenvalue weighted by Gasteiger charge is -2.24. The summed E-state index contributed by atoms with van der Waals surface area (Å²) in [7, 11) is 0. The zero-order valence-corrected chi connectivity index (χ0v) is 9.05. The highest BCUT2D eigenvalue weighted by Crippen LogP contribution is 2.44. The van der Waals surface area contributed by atoms with Gasteiger partial charge in [0.05, 0.1) is 0 Å². The zero-order valence-electron chi connectivity index (χ0n) is 9.05. The van der Waals surface area contributed by atoms with Crippen LogP contribution >= 0.6 is 0 Å². The molecule has 90 valence electrons. The molecule has 0 nitrogen and oxygen atoms in total. The molecule has 0 aliphatic heterocycles. The van der Waals surface area contributed by atoms with E-state index >= 15 is 0 Å². The molecule has 0 unspecified atom stereocenters. The van der Waals surface area contributed by atoms with Crippen LogP contribution in [0.25, 0.3) is 10.8 Å². The summed E-state index contributed by atoms with van der Waals surface area (Å²) in [4.78, 5) is 0.